The fraction of sp³-hybridized carbons (Fsp3) is 0.278. The van der Waals surface area contributed by atoms with E-state index in [4.69, 9.17) is 0 Å². The van der Waals surface area contributed by atoms with Crippen LogP contribution in [0.25, 0.3) is 11.0 Å². The van der Waals surface area contributed by atoms with Gasteiger partial charge in [0.05, 0.1) is 17.4 Å². The largest absolute Gasteiger partial charge is 0.350 e. The third-order valence-electron chi connectivity index (χ3n) is 4.03. The van der Waals surface area contributed by atoms with E-state index in [9.17, 15) is 13.6 Å². The summed E-state index contributed by atoms with van der Waals surface area (Å²) in [6.45, 7) is 4.14. The van der Waals surface area contributed by atoms with Crippen LogP contribution in [0.1, 0.15) is 25.5 Å². The van der Waals surface area contributed by atoms with Gasteiger partial charge in [0, 0.05) is 31.1 Å². The number of carbonyl (C=O) groups excluding carboxylic acids is 1. The van der Waals surface area contributed by atoms with E-state index in [1.807, 2.05) is 26.0 Å². The SMILES string of the molecule is CC(C)C(C(=O)NCc1ccncc1)n1cnc2cc(F)c(F)cc21. The smallest absolute Gasteiger partial charge is 0.243 e. The maximum absolute atomic E-state index is 13.6. The highest BCUT2D eigenvalue weighted by Crippen LogP contribution is 2.25. The van der Waals surface area contributed by atoms with Gasteiger partial charge < -0.3 is 9.88 Å². The number of hydrogen-bond donors (Lipinski definition) is 1. The zero-order valence-electron chi connectivity index (χ0n) is 13.9. The molecule has 0 fully saturated rings. The van der Waals surface area contributed by atoms with Gasteiger partial charge in [-0.15, -0.1) is 0 Å². The minimum atomic E-state index is -0.964. The van der Waals surface area contributed by atoms with Gasteiger partial charge in [-0.05, 0) is 23.6 Å². The highest BCUT2D eigenvalue weighted by molar-refractivity contribution is 5.84. The van der Waals surface area contributed by atoms with Crippen LogP contribution in [-0.2, 0) is 11.3 Å². The average Bonchev–Trinajstić information content (AvgIpc) is 2.97. The second-order valence-corrected chi connectivity index (χ2v) is 6.17. The summed E-state index contributed by atoms with van der Waals surface area (Å²) in [6, 6.07) is 5.15. The first-order valence-corrected chi connectivity index (χ1v) is 7.95. The van der Waals surface area contributed by atoms with Crippen LogP contribution in [0.4, 0.5) is 8.78 Å². The van der Waals surface area contributed by atoms with Gasteiger partial charge in [0.25, 0.3) is 0 Å². The number of fused-ring (bicyclic) bond motifs is 1. The first kappa shape index (κ1) is 17.0. The minimum absolute atomic E-state index is 0.0667. The van der Waals surface area contributed by atoms with Crippen LogP contribution in [0.15, 0.2) is 43.0 Å². The highest BCUT2D eigenvalue weighted by atomic mass is 19.2. The quantitative estimate of drug-likeness (QED) is 0.773. The summed E-state index contributed by atoms with van der Waals surface area (Å²) in [5.41, 5.74) is 1.62. The first-order valence-electron chi connectivity index (χ1n) is 7.95. The lowest BCUT2D eigenvalue weighted by Crippen LogP contribution is -2.34. The third kappa shape index (κ3) is 3.50. The number of pyridine rings is 1. The van der Waals surface area contributed by atoms with Crippen LogP contribution in [-0.4, -0.2) is 20.4 Å². The van der Waals surface area contributed by atoms with E-state index < -0.39 is 17.7 Å². The van der Waals surface area contributed by atoms with E-state index >= 15 is 0 Å². The molecule has 7 heteroatoms. The van der Waals surface area contributed by atoms with E-state index in [1.54, 1.807) is 17.0 Å². The molecule has 0 bridgehead atoms. The van der Waals surface area contributed by atoms with Gasteiger partial charge in [-0.2, -0.15) is 0 Å². The number of rotatable bonds is 5. The van der Waals surface area contributed by atoms with Gasteiger partial charge >= 0.3 is 0 Å². The van der Waals surface area contributed by atoms with Crippen LogP contribution < -0.4 is 5.32 Å². The number of nitrogens with one attached hydrogen (secondary N) is 1. The molecule has 0 aliphatic carbocycles. The Morgan fingerprint density at radius 1 is 1.20 bits per heavy atom. The van der Waals surface area contributed by atoms with Gasteiger partial charge in [-0.1, -0.05) is 13.8 Å². The zero-order chi connectivity index (χ0) is 18.0. The molecule has 130 valence electrons. The molecule has 0 aliphatic rings. The van der Waals surface area contributed by atoms with Crippen molar-refractivity contribution in [3.8, 4) is 0 Å². The highest BCUT2D eigenvalue weighted by Gasteiger charge is 2.26. The molecule has 5 nitrogen and oxygen atoms in total. The van der Waals surface area contributed by atoms with Gasteiger partial charge in [-0.3, -0.25) is 9.78 Å². The minimum Gasteiger partial charge on any atom is -0.350 e. The van der Waals surface area contributed by atoms with Gasteiger partial charge in [0.2, 0.25) is 5.91 Å². The number of nitrogens with zero attached hydrogens (tertiary/aromatic N) is 3. The van der Waals surface area contributed by atoms with Crippen molar-refractivity contribution in [2.24, 2.45) is 5.92 Å². The van der Waals surface area contributed by atoms with Crippen molar-refractivity contribution in [3.63, 3.8) is 0 Å². The molecular weight excluding hydrogens is 326 g/mol. The molecule has 3 rings (SSSR count). The number of benzene rings is 1. The molecule has 1 unspecified atom stereocenters. The number of amides is 1. The Hall–Kier alpha value is -2.83. The topological polar surface area (TPSA) is 59.8 Å². The molecule has 1 amide bonds. The average molecular weight is 344 g/mol. The molecule has 1 atom stereocenters. The lowest BCUT2D eigenvalue weighted by atomic mass is 10.0. The predicted molar refractivity (Wildman–Crippen MR) is 89.6 cm³/mol. The Balaban J connectivity index is 1.88. The van der Waals surface area contributed by atoms with Gasteiger partial charge in [-0.25, -0.2) is 13.8 Å². The second kappa shape index (κ2) is 6.96. The predicted octanol–water partition coefficient (Wildman–Crippen LogP) is 3.22. The van der Waals surface area contributed by atoms with E-state index in [-0.39, 0.29) is 11.8 Å². The maximum atomic E-state index is 13.6. The molecule has 0 saturated carbocycles. The van der Waals surface area contributed by atoms with Crippen LogP contribution >= 0.6 is 0 Å². The van der Waals surface area contributed by atoms with Gasteiger partial charge in [0.15, 0.2) is 11.6 Å². The standard InChI is InChI=1S/C18H18F2N4O/c1-11(2)17(18(25)22-9-12-3-5-21-6-4-12)24-10-23-15-7-13(19)14(20)8-16(15)24/h3-8,10-11,17H,9H2,1-2H3,(H,22,25). The normalized spacial score (nSPS) is 12.5. The van der Waals surface area contributed by atoms with Crippen molar-refractivity contribution in [3.05, 3.63) is 60.2 Å². The Kier molecular flexibility index (Phi) is 4.74. The number of imidazole rings is 1. The monoisotopic (exact) mass is 344 g/mol. The molecule has 0 aliphatic heterocycles. The van der Waals surface area contributed by atoms with E-state index in [1.165, 1.54) is 6.33 Å². The zero-order valence-corrected chi connectivity index (χ0v) is 13.9. The number of hydrogen-bond acceptors (Lipinski definition) is 3. The van der Waals surface area contributed by atoms with Crippen LogP contribution in [0.2, 0.25) is 0 Å². The van der Waals surface area contributed by atoms with Crippen molar-refractivity contribution in [2.45, 2.75) is 26.4 Å². The lowest BCUT2D eigenvalue weighted by Gasteiger charge is -2.22. The van der Waals surface area contributed by atoms with Crippen molar-refractivity contribution in [2.75, 3.05) is 0 Å². The molecule has 0 radical (unpaired) electrons. The summed E-state index contributed by atoms with van der Waals surface area (Å²) in [5.74, 6) is -2.20. The van der Waals surface area contributed by atoms with Gasteiger partial charge in [0.1, 0.15) is 6.04 Å². The summed E-state index contributed by atoms with van der Waals surface area (Å²) in [6.07, 6.45) is 4.75. The molecule has 0 spiro atoms. The molecule has 2 heterocycles. The van der Waals surface area contributed by atoms with Crippen molar-refractivity contribution >= 4 is 16.9 Å². The molecule has 0 saturated heterocycles. The summed E-state index contributed by atoms with van der Waals surface area (Å²) < 4.78 is 28.6. The van der Waals surface area contributed by atoms with Crippen molar-refractivity contribution < 1.29 is 13.6 Å². The second-order valence-electron chi connectivity index (χ2n) is 6.17. The summed E-state index contributed by atoms with van der Waals surface area (Å²) in [4.78, 5) is 20.7. The van der Waals surface area contributed by atoms with Crippen LogP contribution in [0.5, 0.6) is 0 Å². The fourth-order valence-corrected chi connectivity index (χ4v) is 2.79. The molecular formula is C18H18F2N4O. The summed E-state index contributed by atoms with van der Waals surface area (Å²) in [5, 5.41) is 2.88. The molecule has 3 aromatic rings. The summed E-state index contributed by atoms with van der Waals surface area (Å²) >= 11 is 0. The van der Waals surface area contributed by atoms with E-state index in [0.717, 1.165) is 17.7 Å². The maximum Gasteiger partial charge on any atom is 0.243 e. The number of carbonyl (C=O) groups is 1. The van der Waals surface area contributed by atoms with E-state index in [0.29, 0.717) is 17.6 Å². The molecule has 25 heavy (non-hydrogen) atoms. The Morgan fingerprint density at radius 2 is 1.88 bits per heavy atom. The Labute approximate surface area is 143 Å². The Bertz CT molecular complexity index is 893. The third-order valence-corrected chi connectivity index (χ3v) is 4.03. The van der Waals surface area contributed by atoms with Crippen LogP contribution in [0, 0.1) is 17.6 Å². The fourth-order valence-electron chi connectivity index (χ4n) is 2.79. The van der Waals surface area contributed by atoms with Crippen molar-refractivity contribution in [1.29, 1.82) is 0 Å². The molecule has 1 N–H and O–H groups in total. The first-order chi connectivity index (χ1) is 12.0. The van der Waals surface area contributed by atoms with Crippen molar-refractivity contribution in [1.82, 2.24) is 19.9 Å². The van der Waals surface area contributed by atoms with Crippen LogP contribution in [0.3, 0.4) is 0 Å². The number of aromatic nitrogens is 3. The lowest BCUT2D eigenvalue weighted by molar-refractivity contribution is -0.125. The van der Waals surface area contributed by atoms with E-state index in [2.05, 4.69) is 15.3 Å². The Morgan fingerprint density at radius 3 is 2.56 bits per heavy atom. The molecule has 2 aromatic heterocycles. The number of halogens is 2. The molecule has 1 aromatic carbocycles. The summed E-state index contributed by atoms with van der Waals surface area (Å²) in [7, 11) is 0.